The number of nitrogens with zero attached hydrogens (tertiary/aromatic N) is 3. The number of nitrogens with one attached hydrogen (secondary N) is 4. The third-order valence-corrected chi connectivity index (χ3v) is 5.14. The van der Waals surface area contributed by atoms with E-state index in [1.165, 1.54) is 12.4 Å². The van der Waals surface area contributed by atoms with Crippen LogP contribution in [-0.2, 0) is 6.18 Å². The Labute approximate surface area is 201 Å². The topological polar surface area (TPSA) is 121 Å². The number of imidazole rings is 1. The minimum atomic E-state index is -4.60. The number of hydrogen-bond donors (Lipinski definition) is 4. The van der Waals surface area contributed by atoms with Gasteiger partial charge < -0.3 is 25.3 Å². The second-order valence-corrected chi connectivity index (χ2v) is 7.81. The van der Waals surface area contributed by atoms with Gasteiger partial charge in [-0.3, -0.25) is 0 Å². The smallest absolute Gasteiger partial charge is 0.416 e. The Balaban J connectivity index is 1.29. The maximum atomic E-state index is 13.4. The largest absolute Gasteiger partial charge is 0.438 e. The SMILES string of the molecule is Cc1c[nH]c(-c2cc(NC(=O)Nc3ccc(Oc4ncnc5[nH]ccc45)cc3)cc(C(F)(F)F)c2)n1. The van der Waals surface area contributed by atoms with Gasteiger partial charge in [0.15, 0.2) is 0 Å². The van der Waals surface area contributed by atoms with Crippen LogP contribution in [0.5, 0.6) is 11.6 Å². The number of urea groups is 1. The molecule has 0 radical (unpaired) electrons. The average Bonchev–Trinajstić information content (AvgIpc) is 3.49. The Kier molecular flexibility index (Phi) is 5.76. The summed E-state index contributed by atoms with van der Waals surface area (Å²) in [6, 6.07) is 10.7. The molecule has 0 aliphatic heterocycles. The Morgan fingerprint density at radius 1 is 0.972 bits per heavy atom. The molecule has 2 aromatic carbocycles. The third-order valence-electron chi connectivity index (χ3n) is 5.14. The number of halogens is 3. The minimum absolute atomic E-state index is 0.0365. The van der Waals surface area contributed by atoms with Crippen LogP contribution in [0, 0.1) is 6.92 Å². The van der Waals surface area contributed by atoms with Gasteiger partial charge in [-0.2, -0.15) is 13.2 Å². The summed E-state index contributed by atoms with van der Waals surface area (Å²) in [4.78, 5) is 30.7. The van der Waals surface area contributed by atoms with Crippen molar-refractivity contribution in [3.05, 3.63) is 78.5 Å². The fraction of sp³-hybridized carbons (Fsp3) is 0.0833. The first-order valence-electron chi connectivity index (χ1n) is 10.6. The van der Waals surface area contributed by atoms with E-state index in [0.717, 1.165) is 12.1 Å². The number of aryl methyl sites for hydroxylation is 1. The molecule has 0 saturated heterocycles. The van der Waals surface area contributed by atoms with Crippen LogP contribution in [-0.4, -0.2) is 31.0 Å². The summed E-state index contributed by atoms with van der Waals surface area (Å²) in [5.74, 6) is 1.10. The molecular weight excluding hydrogens is 475 g/mol. The summed E-state index contributed by atoms with van der Waals surface area (Å²) < 4.78 is 46.1. The lowest BCUT2D eigenvalue weighted by Gasteiger charge is -2.13. The van der Waals surface area contributed by atoms with E-state index in [4.69, 9.17) is 4.74 Å². The first kappa shape index (κ1) is 22.9. The highest BCUT2D eigenvalue weighted by molar-refractivity contribution is 6.00. The van der Waals surface area contributed by atoms with E-state index in [9.17, 15) is 18.0 Å². The van der Waals surface area contributed by atoms with Crippen molar-refractivity contribution in [2.45, 2.75) is 13.1 Å². The zero-order chi connectivity index (χ0) is 25.3. The molecule has 0 spiro atoms. The molecule has 4 N–H and O–H groups in total. The van der Waals surface area contributed by atoms with Gasteiger partial charge in [-0.05, 0) is 55.5 Å². The Hall–Kier alpha value is -4.87. The van der Waals surface area contributed by atoms with Gasteiger partial charge in [-0.15, -0.1) is 0 Å². The average molecular weight is 493 g/mol. The molecule has 3 heterocycles. The molecule has 0 unspecified atom stereocenters. The Morgan fingerprint density at radius 3 is 2.47 bits per heavy atom. The van der Waals surface area contributed by atoms with Gasteiger partial charge in [0, 0.05) is 29.3 Å². The zero-order valence-electron chi connectivity index (χ0n) is 18.6. The molecule has 12 heteroatoms. The summed E-state index contributed by atoms with van der Waals surface area (Å²) in [5.41, 5.74) is 0.908. The van der Waals surface area contributed by atoms with Crippen molar-refractivity contribution in [2.24, 2.45) is 0 Å². The molecule has 3 aromatic heterocycles. The number of aromatic nitrogens is 5. The number of H-pyrrole nitrogens is 2. The maximum Gasteiger partial charge on any atom is 0.416 e. The van der Waals surface area contributed by atoms with Crippen molar-refractivity contribution in [3.8, 4) is 23.0 Å². The first-order chi connectivity index (χ1) is 17.2. The molecule has 0 fully saturated rings. The van der Waals surface area contributed by atoms with Crippen LogP contribution in [0.2, 0.25) is 0 Å². The van der Waals surface area contributed by atoms with E-state index in [1.807, 2.05) is 0 Å². The van der Waals surface area contributed by atoms with Crippen LogP contribution in [0.1, 0.15) is 11.3 Å². The van der Waals surface area contributed by atoms with Crippen LogP contribution in [0.4, 0.5) is 29.3 Å². The predicted molar refractivity (Wildman–Crippen MR) is 127 cm³/mol. The molecule has 182 valence electrons. The summed E-state index contributed by atoms with van der Waals surface area (Å²) in [5, 5.41) is 5.75. The van der Waals surface area contributed by atoms with E-state index in [2.05, 4.69) is 35.6 Å². The van der Waals surface area contributed by atoms with Gasteiger partial charge in [0.25, 0.3) is 0 Å². The van der Waals surface area contributed by atoms with E-state index < -0.39 is 17.8 Å². The monoisotopic (exact) mass is 493 g/mol. The van der Waals surface area contributed by atoms with Gasteiger partial charge in [0.2, 0.25) is 5.88 Å². The van der Waals surface area contributed by atoms with Gasteiger partial charge in [-0.25, -0.2) is 19.7 Å². The Morgan fingerprint density at radius 2 is 1.75 bits per heavy atom. The lowest BCUT2D eigenvalue weighted by molar-refractivity contribution is -0.137. The maximum absolute atomic E-state index is 13.4. The lowest BCUT2D eigenvalue weighted by Crippen LogP contribution is -2.20. The molecule has 5 aromatic rings. The lowest BCUT2D eigenvalue weighted by atomic mass is 10.1. The molecule has 5 rings (SSSR count). The summed E-state index contributed by atoms with van der Waals surface area (Å²) in [7, 11) is 0. The highest BCUT2D eigenvalue weighted by Gasteiger charge is 2.31. The molecule has 0 aliphatic rings. The molecule has 0 atom stereocenters. The Bertz CT molecular complexity index is 1540. The number of hydrogen-bond acceptors (Lipinski definition) is 5. The summed E-state index contributed by atoms with van der Waals surface area (Å²) in [6.45, 7) is 1.71. The zero-order valence-corrected chi connectivity index (χ0v) is 18.6. The van der Waals surface area contributed by atoms with Gasteiger partial charge in [0.05, 0.1) is 16.6 Å². The van der Waals surface area contributed by atoms with Crippen LogP contribution in [0.15, 0.2) is 67.3 Å². The standard InChI is InChI=1S/C24H18F3N7O2/c1-13-11-29-20(32-13)14-8-15(24(25,26)27)10-17(9-14)34-23(35)33-16-2-4-18(5-3-16)36-22-19-6-7-28-21(19)30-12-31-22/h2-12H,1H3,(H,29,32)(H,28,30,31)(H2,33,34,35). The number of carbonyl (C=O) groups excluding carboxylic acids is 1. The quantitative estimate of drug-likeness (QED) is 0.235. The van der Waals surface area contributed by atoms with Crippen molar-refractivity contribution in [1.82, 2.24) is 24.9 Å². The van der Waals surface area contributed by atoms with Crippen molar-refractivity contribution >= 4 is 28.4 Å². The molecular formula is C24H18F3N7O2. The highest BCUT2D eigenvalue weighted by Crippen LogP contribution is 2.34. The number of rotatable bonds is 5. The normalized spacial score (nSPS) is 11.4. The minimum Gasteiger partial charge on any atom is -0.438 e. The number of fused-ring (bicyclic) bond motifs is 1. The molecule has 0 saturated carbocycles. The van der Waals surface area contributed by atoms with Crippen LogP contribution in [0.3, 0.4) is 0 Å². The molecule has 36 heavy (non-hydrogen) atoms. The number of alkyl halides is 3. The van der Waals surface area contributed by atoms with Crippen molar-refractivity contribution in [3.63, 3.8) is 0 Å². The van der Waals surface area contributed by atoms with Crippen molar-refractivity contribution in [2.75, 3.05) is 10.6 Å². The first-order valence-corrected chi connectivity index (χ1v) is 10.6. The van der Waals surface area contributed by atoms with E-state index >= 15 is 0 Å². The fourth-order valence-corrected chi connectivity index (χ4v) is 3.50. The molecule has 0 aliphatic carbocycles. The van der Waals surface area contributed by atoms with Crippen LogP contribution in [0.25, 0.3) is 22.4 Å². The predicted octanol–water partition coefficient (Wildman–Crippen LogP) is 6.11. The van der Waals surface area contributed by atoms with Crippen molar-refractivity contribution < 1.29 is 22.7 Å². The van der Waals surface area contributed by atoms with Crippen molar-refractivity contribution in [1.29, 1.82) is 0 Å². The fourth-order valence-electron chi connectivity index (χ4n) is 3.50. The molecule has 2 amide bonds. The third kappa shape index (κ3) is 4.97. The van der Waals surface area contributed by atoms with Gasteiger partial charge in [-0.1, -0.05) is 0 Å². The van der Waals surface area contributed by atoms with Gasteiger partial charge in [0.1, 0.15) is 23.5 Å². The summed E-state index contributed by atoms with van der Waals surface area (Å²) in [6.07, 6.45) is 0.0754. The van der Waals surface area contributed by atoms with E-state index in [1.54, 1.807) is 49.6 Å². The van der Waals surface area contributed by atoms with E-state index in [-0.39, 0.29) is 17.1 Å². The van der Waals surface area contributed by atoms with Crippen LogP contribution < -0.4 is 15.4 Å². The summed E-state index contributed by atoms with van der Waals surface area (Å²) >= 11 is 0. The molecule has 9 nitrogen and oxygen atoms in total. The second-order valence-electron chi connectivity index (χ2n) is 7.81. The number of aromatic amines is 2. The molecule has 0 bridgehead atoms. The number of ether oxygens (including phenoxy) is 1. The van der Waals surface area contributed by atoms with Crippen LogP contribution >= 0.6 is 0 Å². The number of benzene rings is 2. The number of anilines is 2. The van der Waals surface area contributed by atoms with E-state index in [0.29, 0.717) is 34.0 Å². The van der Waals surface area contributed by atoms with Gasteiger partial charge >= 0.3 is 12.2 Å². The second kappa shape index (κ2) is 9.06. The highest BCUT2D eigenvalue weighted by atomic mass is 19.4. The number of carbonyl (C=O) groups is 1. The number of amides is 2.